The Kier molecular flexibility index (Phi) is 3.44. The van der Waals surface area contributed by atoms with Crippen LogP contribution in [0, 0.1) is 5.92 Å². The summed E-state index contributed by atoms with van der Waals surface area (Å²) < 4.78 is 0. The fourth-order valence-corrected chi connectivity index (χ4v) is 3.33. The van der Waals surface area contributed by atoms with Gasteiger partial charge in [0, 0.05) is 14.7 Å². The van der Waals surface area contributed by atoms with Gasteiger partial charge >= 0.3 is 0 Å². The first kappa shape index (κ1) is 9.18. The van der Waals surface area contributed by atoms with Gasteiger partial charge in [-0.05, 0) is 5.92 Å². The van der Waals surface area contributed by atoms with Crippen molar-refractivity contribution in [3.8, 4) is 0 Å². The van der Waals surface area contributed by atoms with E-state index in [4.69, 9.17) is 5.11 Å². The zero-order valence-electron chi connectivity index (χ0n) is 6.94. The van der Waals surface area contributed by atoms with Gasteiger partial charge in [-0.2, -0.15) is 0 Å². The van der Waals surface area contributed by atoms with E-state index >= 15 is 0 Å². The highest BCUT2D eigenvalue weighted by atomic mass is 28.3. The molecule has 2 heteroatoms. The summed E-state index contributed by atoms with van der Waals surface area (Å²) in [5.74, 6) is 0.511. The van der Waals surface area contributed by atoms with Gasteiger partial charge in [0.05, 0.1) is 0 Å². The van der Waals surface area contributed by atoms with E-state index in [0.717, 1.165) is 0 Å². The van der Waals surface area contributed by atoms with Crippen LogP contribution in [-0.4, -0.2) is 19.8 Å². The van der Waals surface area contributed by atoms with Crippen LogP contribution in [0.25, 0.3) is 0 Å². The van der Waals surface area contributed by atoms with Crippen molar-refractivity contribution < 1.29 is 5.11 Å². The highest BCUT2D eigenvalue weighted by Crippen LogP contribution is 2.15. The summed E-state index contributed by atoms with van der Waals surface area (Å²) in [6.45, 7) is 9.46. The first-order valence-corrected chi connectivity index (χ1v) is 7.27. The molecule has 0 aliphatic carbocycles. The monoisotopic (exact) mass is 146 g/mol. The smallest absolute Gasteiger partial charge is 0.0453 e. The summed E-state index contributed by atoms with van der Waals surface area (Å²) in [6, 6.07) is 1.24. The van der Waals surface area contributed by atoms with Crippen molar-refractivity contribution in [1.29, 1.82) is 0 Å². The second-order valence-corrected chi connectivity index (χ2v) is 9.58. The molecule has 0 fully saturated rings. The van der Waals surface area contributed by atoms with E-state index in [-0.39, 0.29) is 0 Å². The van der Waals surface area contributed by atoms with Crippen LogP contribution >= 0.6 is 0 Å². The fourth-order valence-electron chi connectivity index (χ4n) is 1.11. The molecular formula is C7H18OSi. The van der Waals surface area contributed by atoms with Crippen LogP contribution in [0.1, 0.15) is 6.92 Å². The highest BCUT2D eigenvalue weighted by molar-refractivity contribution is 6.76. The second kappa shape index (κ2) is 3.37. The molecule has 0 amide bonds. The lowest BCUT2D eigenvalue weighted by Gasteiger charge is -2.19. The molecule has 0 aliphatic rings. The lowest BCUT2D eigenvalue weighted by Crippen LogP contribution is -2.23. The Morgan fingerprint density at radius 1 is 1.33 bits per heavy atom. The predicted molar refractivity (Wildman–Crippen MR) is 44.4 cm³/mol. The molecule has 1 unspecified atom stereocenters. The number of aliphatic hydroxyl groups is 1. The predicted octanol–water partition coefficient (Wildman–Crippen LogP) is 1.95. The molecule has 0 bridgehead atoms. The van der Waals surface area contributed by atoms with Crippen molar-refractivity contribution in [3.63, 3.8) is 0 Å². The molecule has 56 valence electrons. The van der Waals surface area contributed by atoms with E-state index in [2.05, 4.69) is 26.6 Å². The van der Waals surface area contributed by atoms with Crippen molar-refractivity contribution in [2.75, 3.05) is 6.61 Å². The lowest BCUT2D eigenvalue weighted by molar-refractivity contribution is 0.247. The fraction of sp³-hybridized carbons (Fsp3) is 1.00. The Labute approximate surface area is 59.1 Å². The van der Waals surface area contributed by atoms with Gasteiger partial charge in [0.15, 0.2) is 0 Å². The number of hydrogen-bond acceptors (Lipinski definition) is 1. The molecule has 0 heterocycles. The topological polar surface area (TPSA) is 20.2 Å². The summed E-state index contributed by atoms with van der Waals surface area (Å²) in [6.07, 6.45) is 0. The average molecular weight is 146 g/mol. The Morgan fingerprint density at radius 3 is 1.89 bits per heavy atom. The highest BCUT2D eigenvalue weighted by Gasteiger charge is 2.15. The van der Waals surface area contributed by atoms with Gasteiger partial charge in [0.25, 0.3) is 0 Å². The summed E-state index contributed by atoms with van der Waals surface area (Å²) in [5, 5.41) is 8.72. The standard InChI is InChI=1S/C7H18OSi/c1-7(5-8)6-9(2,3)4/h7-8H,5-6H2,1-4H3. The van der Waals surface area contributed by atoms with E-state index in [1.165, 1.54) is 6.04 Å². The number of hydrogen-bond donors (Lipinski definition) is 1. The molecule has 0 saturated heterocycles. The summed E-state index contributed by atoms with van der Waals surface area (Å²) >= 11 is 0. The van der Waals surface area contributed by atoms with E-state index < -0.39 is 8.07 Å². The minimum Gasteiger partial charge on any atom is -0.396 e. The van der Waals surface area contributed by atoms with Gasteiger partial charge in [-0.3, -0.25) is 0 Å². The van der Waals surface area contributed by atoms with Gasteiger partial charge in [-0.1, -0.05) is 32.6 Å². The maximum atomic E-state index is 8.72. The van der Waals surface area contributed by atoms with Gasteiger partial charge < -0.3 is 5.11 Å². The number of rotatable bonds is 3. The van der Waals surface area contributed by atoms with Gasteiger partial charge in [0.1, 0.15) is 0 Å². The van der Waals surface area contributed by atoms with Crippen LogP contribution in [0.2, 0.25) is 25.7 Å². The molecule has 1 nitrogen and oxygen atoms in total. The molecule has 1 atom stereocenters. The quantitative estimate of drug-likeness (QED) is 0.603. The van der Waals surface area contributed by atoms with E-state index in [1.54, 1.807) is 0 Å². The van der Waals surface area contributed by atoms with Crippen LogP contribution in [-0.2, 0) is 0 Å². The van der Waals surface area contributed by atoms with Gasteiger partial charge in [-0.15, -0.1) is 0 Å². The summed E-state index contributed by atoms with van der Waals surface area (Å²) in [7, 11) is -0.901. The third kappa shape index (κ3) is 6.06. The summed E-state index contributed by atoms with van der Waals surface area (Å²) in [4.78, 5) is 0. The first-order valence-electron chi connectivity index (χ1n) is 3.56. The molecule has 0 aromatic carbocycles. The normalized spacial score (nSPS) is 15.7. The van der Waals surface area contributed by atoms with Crippen molar-refractivity contribution in [2.45, 2.75) is 32.6 Å². The zero-order valence-corrected chi connectivity index (χ0v) is 7.94. The maximum absolute atomic E-state index is 8.72. The van der Waals surface area contributed by atoms with Crippen LogP contribution < -0.4 is 0 Å². The Bertz CT molecular complexity index is 75.5. The minimum absolute atomic E-state index is 0.351. The second-order valence-electron chi connectivity index (χ2n) is 4.05. The third-order valence-electron chi connectivity index (χ3n) is 1.27. The van der Waals surface area contributed by atoms with Crippen molar-refractivity contribution in [2.24, 2.45) is 5.92 Å². The van der Waals surface area contributed by atoms with Crippen molar-refractivity contribution in [1.82, 2.24) is 0 Å². The van der Waals surface area contributed by atoms with Crippen molar-refractivity contribution >= 4 is 8.07 Å². The Morgan fingerprint density at radius 2 is 1.78 bits per heavy atom. The van der Waals surface area contributed by atoms with Gasteiger partial charge in [-0.25, -0.2) is 0 Å². The molecule has 0 radical (unpaired) electrons. The van der Waals surface area contributed by atoms with Crippen molar-refractivity contribution in [3.05, 3.63) is 0 Å². The largest absolute Gasteiger partial charge is 0.396 e. The molecule has 0 aromatic rings. The summed E-state index contributed by atoms with van der Waals surface area (Å²) in [5.41, 5.74) is 0. The molecular weight excluding hydrogens is 128 g/mol. The molecule has 0 aliphatic heterocycles. The van der Waals surface area contributed by atoms with E-state index in [0.29, 0.717) is 12.5 Å². The van der Waals surface area contributed by atoms with Crippen LogP contribution in [0.5, 0.6) is 0 Å². The van der Waals surface area contributed by atoms with Crippen LogP contribution in [0.3, 0.4) is 0 Å². The van der Waals surface area contributed by atoms with E-state index in [9.17, 15) is 0 Å². The maximum Gasteiger partial charge on any atom is 0.0453 e. The molecule has 9 heavy (non-hydrogen) atoms. The van der Waals surface area contributed by atoms with E-state index in [1.807, 2.05) is 0 Å². The third-order valence-corrected chi connectivity index (χ3v) is 3.19. The first-order chi connectivity index (χ1) is 3.95. The van der Waals surface area contributed by atoms with Crippen LogP contribution in [0.4, 0.5) is 0 Å². The Hall–Kier alpha value is 0.177. The Balaban J connectivity index is 3.47. The van der Waals surface area contributed by atoms with Crippen LogP contribution in [0.15, 0.2) is 0 Å². The molecule has 0 saturated carbocycles. The SMILES string of the molecule is CC(CO)C[Si](C)(C)C. The van der Waals surface area contributed by atoms with Gasteiger partial charge in [0.2, 0.25) is 0 Å². The molecule has 1 N–H and O–H groups in total. The molecule has 0 rings (SSSR count). The molecule has 0 spiro atoms. The number of aliphatic hydroxyl groups excluding tert-OH is 1. The average Bonchev–Trinajstić information content (AvgIpc) is 1.62. The molecule has 0 aromatic heterocycles. The zero-order chi connectivity index (χ0) is 7.49. The minimum atomic E-state index is -0.901. The lowest BCUT2D eigenvalue weighted by atomic mass is 10.2.